The maximum Gasteiger partial charge on any atom is 0.0735 e. The molecule has 0 spiro atoms. The van der Waals surface area contributed by atoms with Crippen LogP contribution in [0.5, 0.6) is 0 Å². The first-order chi connectivity index (χ1) is 8.52. The van der Waals surface area contributed by atoms with Gasteiger partial charge in [-0.3, -0.25) is 0 Å². The minimum Gasteiger partial charge on any atom is -0.389 e. The fraction of sp³-hybridized carbons (Fsp3) is 0.600. The highest BCUT2D eigenvalue weighted by Crippen LogP contribution is 2.32. The molecular weight excluding hydrogens is 248 g/mol. The van der Waals surface area contributed by atoms with Crippen molar-refractivity contribution in [3.05, 3.63) is 34.3 Å². The van der Waals surface area contributed by atoms with E-state index in [-0.39, 0.29) is 6.10 Å². The van der Waals surface area contributed by atoms with Crippen LogP contribution in [0.15, 0.2) is 18.2 Å². The van der Waals surface area contributed by atoms with E-state index in [2.05, 4.69) is 6.92 Å². The Morgan fingerprint density at radius 2 is 2.28 bits per heavy atom. The predicted molar refractivity (Wildman–Crippen MR) is 74.1 cm³/mol. The first-order valence-electron chi connectivity index (χ1n) is 6.61. The van der Waals surface area contributed by atoms with Crippen LogP contribution in [0.1, 0.15) is 37.3 Å². The molecule has 1 heterocycles. The van der Waals surface area contributed by atoms with E-state index in [1.165, 1.54) is 0 Å². The van der Waals surface area contributed by atoms with Crippen LogP contribution in [0.3, 0.4) is 0 Å². The Kier molecular flexibility index (Phi) is 4.31. The summed E-state index contributed by atoms with van der Waals surface area (Å²) in [5.41, 5.74) is 1.51. The summed E-state index contributed by atoms with van der Waals surface area (Å²) in [5, 5.41) is 11.4. The Labute approximate surface area is 114 Å². The highest BCUT2D eigenvalue weighted by atomic mass is 35.5. The van der Waals surface area contributed by atoms with Gasteiger partial charge in [-0.2, -0.15) is 0 Å². The standard InChI is InChI=1S/C15H21ClO2/c1-3-13-10-15(17,6-7-18-13)9-12-5-4-11(2)8-14(12)16/h4-5,8,13,17H,3,6-7,9-10H2,1-2H3. The number of rotatable bonds is 3. The minimum atomic E-state index is -0.669. The van der Waals surface area contributed by atoms with Gasteiger partial charge in [0.25, 0.3) is 0 Å². The number of hydrogen-bond donors (Lipinski definition) is 1. The third-order valence-electron chi connectivity index (χ3n) is 3.71. The molecule has 0 amide bonds. The summed E-state index contributed by atoms with van der Waals surface area (Å²) in [4.78, 5) is 0. The molecule has 0 aromatic heterocycles. The minimum absolute atomic E-state index is 0.174. The Morgan fingerprint density at radius 3 is 2.94 bits per heavy atom. The monoisotopic (exact) mass is 268 g/mol. The van der Waals surface area contributed by atoms with Gasteiger partial charge in [-0.1, -0.05) is 30.7 Å². The first-order valence-corrected chi connectivity index (χ1v) is 6.99. The molecule has 1 aliphatic heterocycles. The predicted octanol–water partition coefficient (Wildman–Crippen LogP) is 3.51. The molecular formula is C15H21ClO2. The zero-order valence-electron chi connectivity index (χ0n) is 11.1. The fourth-order valence-electron chi connectivity index (χ4n) is 2.57. The lowest BCUT2D eigenvalue weighted by molar-refractivity contribution is -0.103. The lowest BCUT2D eigenvalue weighted by atomic mass is 9.84. The van der Waals surface area contributed by atoms with Crippen LogP contribution in [0.4, 0.5) is 0 Å². The van der Waals surface area contributed by atoms with Gasteiger partial charge in [-0.15, -0.1) is 0 Å². The van der Waals surface area contributed by atoms with E-state index in [0.29, 0.717) is 25.9 Å². The molecule has 1 aromatic rings. The van der Waals surface area contributed by atoms with Crippen molar-refractivity contribution in [1.82, 2.24) is 0 Å². The molecule has 2 unspecified atom stereocenters. The van der Waals surface area contributed by atoms with Gasteiger partial charge < -0.3 is 9.84 Å². The molecule has 0 bridgehead atoms. The Balaban J connectivity index is 2.11. The van der Waals surface area contributed by atoms with Crippen molar-refractivity contribution in [3.8, 4) is 0 Å². The lowest BCUT2D eigenvalue weighted by Crippen LogP contribution is -2.42. The zero-order valence-corrected chi connectivity index (χ0v) is 11.8. The number of aliphatic hydroxyl groups is 1. The second-order valence-corrected chi connectivity index (χ2v) is 5.76. The summed E-state index contributed by atoms with van der Waals surface area (Å²) >= 11 is 6.24. The van der Waals surface area contributed by atoms with E-state index >= 15 is 0 Å². The van der Waals surface area contributed by atoms with Crippen LogP contribution < -0.4 is 0 Å². The number of hydrogen-bond acceptors (Lipinski definition) is 2. The zero-order chi connectivity index (χ0) is 13.2. The molecule has 1 aromatic carbocycles. The highest BCUT2D eigenvalue weighted by molar-refractivity contribution is 6.31. The summed E-state index contributed by atoms with van der Waals surface area (Å²) in [6.45, 7) is 4.75. The fourth-order valence-corrected chi connectivity index (χ4v) is 2.88. The molecule has 3 heteroatoms. The van der Waals surface area contributed by atoms with Crippen molar-refractivity contribution in [2.24, 2.45) is 0 Å². The van der Waals surface area contributed by atoms with Crippen molar-refractivity contribution in [1.29, 1.82) is 0 Å². The SMILES string of the molecule is CCC1CC(O)(Cc2ccc(C)cc2Cl)CCO1. The Bertz CT molecular complexity index is 419. The van der Waals surface area contributed by atoms with Crippen LogP contribution in [0.2, 0.25) is 5.02 Å². The smallest absolute Gasteiger partial charge is 0.0735 e. The van der Waals surface area contributed by atoms with Crippen LogP contribution in [-0.2, 0) is 11.2 Å². The molecule has 18 heavy (non-hydrogen) atoms. The number of ether oxygens (including phenoxy) is 1. The Hall–Kier alpha value is -0.570. The summed E-state index contributed by atoms with van der Waals surface area (Å²) in [6.07, 6.45) is 3.13. The summed E-state index contributed by atoms with van der Waals surface area (Å²) < 4.78 is 5.62. The molecule has 2 nitrogen and oxygen atoms in total. The summed E-state index contributed by atoms with van der Waals surface area (Å²) in [6, 6.07) is 6.02. The topological polar surface area (TPSA) is 29.5 Å². The molecule has 100 valence electrons. The number of halogens is 1. The van der Waals surface area contributed by atoms with Crippen molar-refractivity contribution in [2.45, 2.75) is 51.2 Å². The van der Waals surface area contributed by atoms with Gasteiger partial charge >= 0.3 is 0 Å². The average Bonchev–Trinajstić information content (AvgIpc) is 2.33. The van der Waals surface area contributed by atoms with Crippen molar-refractivity contribution in [2.75, 3.05) is 6.61 Å². The van der Waals surface area contributed by atoms with E-state index in [4.69, 9.17) is 16.3 Å². The van der Waals surface area contributed by atoms with E-state index in [0.717, 1.165) is 22.6 Å². The number of aryl methyl sites for hydroxylation is 1. The van der Waals surface area contributed by atoms with E-state index < -0.39 is 5.60 Å². The van der Waals surface area contributed by atoms with Crippen molar-refractivity contribution < 1.29 is 9.84 Å². The van der Waals surface area contributed by atoms with Gasteiger partial charge in [-0.05, 0) is 37.0 Å². The maximum absolute atomic E-state index is 10.7. The van der Waals surface area contributed by atoms with Gasteiger partial charge in [0.05, 0.1) is 11.7 Å². The van der Waals surface area contributed by atoms with Gasteiger partial charge in [0.2, 0.25) is 0 Å². The lowest BCUT2D eigenvalue weighted by Gasteiger charge is -2.37. The van der Waals surface area contributed by atoms with Gasteiger partial charge in [-0.25, -0.2) is 0 Å². The van der Waals surface area contributed by atoms with Crippen molar-refractivity contribution in [3.63, 3.8) is 0 Å². The second kappa shape index (κ2) is 5.60. The summed E-state index contributed by atoms with van der Waals surface area (Å²) in [5.74, 6) is 0. The molecule has 2 atom stereocenters. The largest absolute Gasteiger partial charge is 0.389 e. The molecule has 0 radical (unpaired) electrons. The molecule has 1 fully saturated rings. The molecule has 1 aliphatic rings. The third-order valence-corrected chi connectivity index (χ3v) is 4.06. The quantitative estimate of drug-likeness (QED) is 0.909. The van der Waals surface area contributed by atoms with Crippen LogP contribution in [0.25, 0.3) is 0 Å². The normalized spacial score (nSPS) is 28.3. The summed E-state index contributed by atoms with van der Waals surface area (Å²) in [7, 11) is 0. The van der Waals surface area contributed by atoms with Gasteiger partial charge in [0.15, 0.2) is 0 Å². The number of benzene rings is 1. The third kappa shape index (κ3) is 3.25. The average molecular weight is 269 g/mol. The van der Waals surface area contributed by atoms with E-state index in [1.54, 1.807) is 0 Å². The maximum atomic E-state index is 10.7. The van der Waals surface area contributed by atoms with Crippen LogP contribution in [-0.4, -0.2) is 23.4 Å². The molecule has 0 saturated carbocycles. The highest BCUT2D eigenvalue weighted by Gasteiger charge is 2.34. The first kappa shape index (κ1) is 13.9. The second-order valence-electron chi connectivity index (χ2n) is 5.35. The van der Waals surface area contributed by atoms with Crippen LogP contribution >= 0.6 is 11.6 Å². The molecule has 2 rings (SSSR count). The molecule has 1 N–H and O–H groups in total. The van der Waals surface area contributed by atoms with Crippen molar-refractivity contribution >= 4 is 11.6 Å². The van der Waals surface area contributed by atoms with E-state index in [1.807, 2.05) is 25.1 Å². The van der Waals surface area contributed by atoms with Gasteiger partial charge in [0, 0.05) is 24.5 Å². The molecule has 0 aliphatic carbocycles. The Morgan fingerprint density at radius 1 is 1.50 bits per heavy atom. The van der Waals surface area contributed by atoms with Crippen LogP contribution in [0, 0.1) is 6.92 Å². The molecule has 1 saturated heterocycles. The van der Waals surface area contributed by atoms with E-state index in [9.17, 15) is 5.11 Å². The van der Waals surface area contributed by atoms with Gasteiger partial charge in [0.1, 0.15) is 0 Å².